The number of ether oxygens (including phenoxy) is 3. The van der Waals surface area contributed by atoms with Gasteiger partial charge in [-0.05, 0) is 55.0 Å². The fourth-order valence-electron chi connectivity index (χ4n) is 2.83. The number of hydrogen-bond donors (Lipinski definition) is 2. The van der Waals surface area contributed by atoms with E-state index < -0.39 is 17.8 Å². The molecule has 0 radical (unpaired) electrons. The smallest absolute Gasteiger partial charge is 0.343 e. The van der Waals surface area contributed by atoms with Gasteiger partial charge in [-0.2, -0.15) is 5.10 Å². The summed E-state index contributed by atoms with van der Waals surface area (Å²) in [5.74, 6) is -1.40. The quantitative estimate of drug-likeness (QED) is 0.175. The summed E-state index contributed by atoms with van der Waals surface area (Å²) in [6, 6.07) is 20.1. The van der Waals surface area contributed by atoms with E-state index in [1.165, 1.54) is 13.3 Å². The molecule has 3 rings (SSSR count). The largest absolute Gasteiger partial charge is 0.493 e. The van der Waals surface area contributed by atoms with Crippen LogP contribution < -0.4 is 25.0 Å². The second-order valence-electron chi connectivity index (χ2n) is 6.75. The van der Waals surface area contributed by atoms with Gasteiger partial charge in [0.25, 0.3) is 0 Å². The Balaban J connectivity index is 1.60. The molecule has 0 heterocycles. The number of amides is 2. The molecule has 0 atom stereocenters. The van der Waals surface area contributed by atoms with E-state index in [-0.39, 0.29) is 5.75 Å². The van der Waals surface area contributed by atoms with E-state index in [0.29, 0.717) is 34.9 Å². The number of nitrogens with zero attached hydrogens (tertiary/aromatic N) is 1. The number of carbonyl (C=O) groups excluding carboxylic acids is 3. The molecule has 34 heavy (non-hydrogen) atoms. The monoisotopic (exact) mass is 461 g/mol. The maximum absolute atomic E-state index is 12.3. The molecule has 0 spiro atoms. The van der Waals surface area contributed by atoms with Crippen LogP contribution in [0.5, 0.6) is 17.2 Å². The minimum absolute atomic E-state index is 0.227. The number of rotatable bonds is 8. The number of anilines is 1. The van der Waals surface area contributed by atoms with Crippen LogP contribution in [0.1, 0.15) is 22.8 Å². The summed E-state index contributed by atoms with van der Waals surface area (Å²) < 4.78 is 16.1. The Hall–Kier alpha value is -4.66. The van der Waals surface area contributed by atoms with E-state index in [2.05, 4.69) is 15.8 Å². The van der Waals surface area contributed by atoms with E-state index in [9.17, 15) is 14.4 Å². The van der Waals surface area contributed by atoms with Crippen molar-refractivity contribution >= 4 is 29.7 Å². The van der Waals surface area contributed by atoms with Gasteiger partial charge in [-0.1, -0.05) is 30.3 Å². The molecule has 174 valence electrons. The number of benzene rings is 3. The topological polar surface area (TPSA) is 115 Å². The highest BCUT2D eigenvalue weighted by Gasteiger charge is 2.15. The van der Waals surface area contributed by atoms with Gasteiger partial charge in [0, 0.05) is 0 Å². The number of carbonyl (C=O) groups is 3. The minimum atomic E-state index is -0.956. The van der Waals surface area contributed by atoms with Crippen molar-refractivity contribution in [2.45, 2.75) is 6.92 Å². The van der Waals surface area contributed by atoms with E-state index in [4.69, 9.17) is 14.2 Å². The number of hydrazone groups is 1. The molecule has 0 aromatic heterocycles. The predicted octanol–water partition coefficient (Wildman–Crippen LogP) is 3.40. The summed E-state index contributed by atoms with van der Waals surface area (Å²) >= 11 is 0. The second kappa shape index (κ2) is 11.8. The lowest BCUT2D eigenvalue weighted by molar-refractivity contribution is -0.136. The maximum atomic E-state index is 12.3. The van der Waals surface area contributed by atoms with E-state index >= 15 is 0 Å². The van der Waals surface area contributed by atoms with Crippen molar-refractivity contribution in [3.8, 4) is 17.2 Å². The Morgan fingerprint density at radius 3 is 2.35 bits per heavy atom. The molecular formula is C25H23N3O6. The highest BCUT2D eigenvalue weighted by molar-refractivity contribution is 6.39. The number of methoxy groups -OCH3 is 1. The van der Waals surface area contributed by atoms with Crippen molar-refractivity contribution in [3.05, 3.63) is 83.9 Å². The molecule has 3 aromatic carbocycles. The molecule has 0 unspecified atom stereocenters. The molecule has 0 bridgehead atoms. The third-order valence-corrected chi connectivity index (χ3v) is 4.42. The SMILES string of the molecule is CCOc1ccccc1NC(=O)C(=O)NN=Cc1ccc(OC(=O)c2ccccc2)c(OC)c1. The summed E-state index contributed by atoms with van der Waals surface area (Å²) in [6.45, 7) is 2.23. The fraction of sp³-hybridized carbons (Fsp3) is 0.120. The van der Waals surface area contributed by atoms with Crippen LogP contribution in [-0.2, 0) is 9.59 Å². The van der Waals surface area contributed by atoms with Gasteiger partial charge < -0.3 is 19.5 Å². The first-order valence-electron chi connectivity index (χ1n) is 10.3. The van der Waals surface area contributed by atoms with Gasteiger partial charge in [0.05, 0.1) is 31.2 Å². The van der Waals surface area contributed by atoms with Gasteiger partial charge >= 0.3 is 17.8 Å². The molecule has 9 heteroatoms. The maximum Gasteiger partial charge on any atom is 0.343 e. The van der Waals surface area contributed by atoms with Crippen molar-refractivity contribution < 1.29 is 28.6 Å². The number of esters is 1. The first kappa shape index (κ1) is 24.0. The van der Waals surface area contributed by atoms with Gasteiger partial charge in [-0.15, -0.1) is 0 Å². The highest BCUT2D eigenvalue weighted by Crippen LogP contribution is 2.28. The molecule has 0 saturated carbocycles. The zero-order chi connectivity index (χ0) is 24.3. The van der Waals surface area contributed by atoms with Gasteiger partial charge in [0.1, 0.15) is 5.75 Å². The molecule has 2 N–H and O–H groups in total. The summed E-state index contributed by atoms with van der Waals surface area (Å²) in [5, 5.41) is 6.28. The molecule has 0 aliphatic heterocycles. The standard InChI is InChI=1S/C25H23N3O6/c1-3-33-20-12-8-7-11-19(20)27-23(29)24(30)28-26-16-17-13-14-21(22(15-17)32-2)34-25(31)18-9-5-4-6-10-18/h4-16H,3H2,1-2H3,(H,27,29)(H,28,30). The van der Waals surface area contributed by atoms with Crippen LogP contribution in [0.2, 0.25) is 0 Å². The Bertz CT molecular complexity index is 1190. The normalized spacial score (nSPS) is 10.4. The Morgan fingerprint density at radius 1 is 0.882 bits per heavy atom. The molecule has 0 aliphatic rings. The summed E-state index contributed by atoms with van der Waals surface area (Å²) in [6.07, 6.45) is 1.32. The summed E-state index contributed by atoms with van der Waals surface area (Å²) in [4.78, 5) is 36.5. The lowest BCUT2D eigenvalue weighted by Gasteiger charge is -2.10. The third kappa shape index (κ3) is 6.42. The van der Waals surface area contributed by atoms with Gasteiger partial charge in [-0.25, -0.2) is 10.2 Å². The molecule has 0 aliphatic carbocycles. The molecular weight excluding hydrogens is 438 g/mol. The Kier molecular flexibility index (Phi) is 8.34. The van der Waals surface area contributed by atoms with Crippen molar-refractivity contribution in [2.75, 3.05) is 19.0 Å². The van der Waals surface area contributed by atoms with E-state index in [0.717, 1.165) is 0 Å². The van der Waals surface area contributed by atoms with E-state index in [1.54, 1.807) is 72.8 Å². The number of para-hydroxylation sites is 2. The van der Waals surface area contributed by atoms with Crippen LogP contribution >= 0.6 is 0 Å². The first-order chi connectivity index (χ1) is 16.5. The lowest BCUT2D eigenvalue weighted by Crippen LogP contribution is -2.32. The minimum Gasteiger partial charge on any atom is -0.493 e. The predicted molar refractivity (Wildman–Crippen MR) is 126 cm³/mol. The molecule has 2 amide bonds. The third-order valence-electron chi connectivity index (χ3n) is 4.42. The van der Waals surface area contributed by atoms with E-state index in [1.807, 2.05) is 6.92 Å². The molecule has 9 nitrogen and oxygen atoms in total. The zero-order valence-corrected chi connectivity index (χ0v) is 18.6. The number of nitrogens with one attached hydrogen (secondary N) is 2. The van der Waals surface area contributed by atoms with Gasteiger partial charge in [0.15, 0.2) is 11.5 Å². The van der Waals surface area contributed by atoms with Gasteiger partial charge in [-0.3, -0.25) is 9.59 Å². The average molecular weight is 461 g/mol. The van der Waals surface area contributed by atoms with Crippen LogP contribution in [-0.4, -0.2) is 37.7 Å². The van der Waals surface area contributed by atoms with Crippen molar-refractivity contribution in [3.63, 3.8) is 0 Å². The molecule has 0 saturated heterocycles. The molecule has 0 fully saturated rings. The van der Waals surface area contributed by atoms with Crippen molar-refractivity contribution in [2.24, 2.45) is 5.10 Å². The van der Waals surface area contributed by atoms with Crippen molar-refractivity contribution in [1.29, 1.82) is 0 Å². The van der Waals surface area contributed by atoms with Crippen molar-refractivity contribution in [1.82, 2.24) is 5.43 Å². The summed E-state index contributed by atoms with van der Waals surface area (Å²) in [7, 11) is 1.43. The van der Waals surface area contributed by atoms with Crippen LogP contribution in [0, 0.1) is 0 Å². The Morgan fingerprint density at radius 2 is 1.62 bits per heavy atom. The zero-order valence-electron chi connectivity index (χ0n) is 18.6. The first-order valence-corrected chi connectivity index (χ1v) is 10.3. The second-order valence-corrected chi connectivity index (χ2v) is 6.75. The average Bonchev–Trinajstić information content (AvgIpc) is 2.86. The summed E-state index contributed by atoms with van der Waals surface area (Å²) in [5.41, 5.74) is 3.48. The highest BCUT2D eigenvalue weighted by atomic mass is 16.6. The fourth-order valence-corrected chi connectivity index (χ4v) is 2.83. The molecule has 3 aromatic rings. The lowest BCUT2D eigenvalue weighted by atomic mass is 10.2. The van der Waals surface area contributed by atoms with Crippen LogP contribution in [0.3, 0.4) is 0 Å². The van der Waals surface area contributed by atoms with Gasteiger partial charge in [0.2, 0.25) is 0 Å². The van der Waals surface area contributed by atoms with Crippen LogP contribution in [0.25, 0.3) is 0 Å². The van der Waals surface area contributed by atoms with Crippen LogP contribution in [0.4, 0.5) is 5.69 Å². The Labute approximate surface area is 196 Å². The number of hydrogen-bond acceptors (Lipinski definition) is 7. The van der Waals surface area contributed by atoms with Crippen LogP contribution in [0.15, 0.2) is 77.9 Å².